The van der Waals surface area contributed by atoms with E-state index in [0.717, 1.165) is 43.0 Å². The molecule has 1 amide bonds. The summed E-state index contributed by atoms with van der Waals surface area (Å²) in [5, 5.41) is 2.91. The highest BCUT2D eigenvalue weighted by molar-refractivity contribution is 6.05. The highest BCUT2D eigenvalue weighted by atomic mass is 16.5. The van der Waals surface area contributed by atoms with Gasteiger partial charge in [-0.2, -0.15) is 0 Å². The van der Waals surface area contributed by atoms with Crippen LogP contribution in [0.15, 0.2) is 47.3 Å². The summed E-state index contributed by atoms with van der Waals surface area (Å²) in [6, 6.07) is 13.1. The lowest BCUT2D eigenvalue weighted by atomic mass is 10.1. The minimum absolute atomic E-state index is 0.0906. The molecule has 7 heteroatoms. The summed E-state index contributed by atoms with van der Waals surface area (Å²) < 4.78 is 8.53. The number of ether oxygens (including phenoxy) is 1. The van der Waals surface area contributed by atoms with Crippen LogP contribution in [0.4, 0.5) is 11.4 Å². The quantitative estimate of drug-likeness (QED) is 0.770. The van der Waals surface area contributed by atoms with E-state index in [9.17, 15) is 9.59 Å². The lowest BCUT2D eigenvalue weighted by Gasteiger charge is -2.28. The second kappa shape index (κ2) is 6.92. The van der Waals surface area contributed by atoms with Crippen LogP contribution in [0.5, 0.6) is 0 Å². The molecular formula is C20H22N4O3. The van der Waals surface area contributed by atoms with Gasteiger partial charge in [0.05, 0.1) is 24.2 Å². The Morgan fingerprint density at radius 2 is 1.63 bits per heavy atom. The van der Waals surface area contributed by atoms with E-state index in [1.807, 2.05) is 42.5 Å². The molecule has 4 rings (SSSR count). The number of anilines is 2. The van der Waals surface area contributed by atoms with Crippen LogP contribution in [0.3, 0.4) is 0 Å². The normalized spacial score (nSPS) is 14.5. The second-order valence-electron chi connectivity index (χ2n) is 6.70. The Kier molecular flexibility index (Phi) is 4.45. The van der Waals surface area contributed by atoms with E-state index in [1.54, 1.807) is 23.2 Å². The van der Waals surface area contributed by atoms with Crippen molar-refractivity contribution in [2.75, 3.05) is 36.5 Å². The Morgan fingerprint density at radius 3 is 2.33 bits per heavy atom. The molecule has 1 saturated heterocycles. The number of hydrogen-bond donors (Lipinski definition) is 1. The summed E-state index contributed by atoms with van der Waals surface area (Å²) in [5.41, 5.74) is 3.86. The van der Waals surface area contributed by atoms with E-state index in [2.05, 4.69) is 10.2 Å². The third-order valence-corrected chi connectivity index (χ3v) is 5.04. The number of aromatic nitrogens is 2. The smallest absolute Gasteiger partial charge is 0.328 e. The number of nitrogens with zero attached hydrogens (tertiary/aromatic N) is 3. The zero-order valence-electron chi connectivity index (χ0n) is 15.4. The molecule has 0 radical (unpaired) electrons. The van der Waals surface area contributed by atoms with Gasteiger partial charge < -0.3 is 15.0 Å². The van der Waals surface area contributed by atoms with Gasteiger partial charge in [0.2, 0.25) is 0 Å². The monoisotopic (exact) mass is 366 g/mol. The molecule has 1 aliphatic rings. The van der Waals surface area contributed by atoms with Crippen LogP contribution in [0, 0.1) is 0 Å². The van der Waals surface area contributed by atoms with Gasteiger partial charge in [-0.15, -0.1) is 0 Å². The standard InChI is InChI=1S/C20H22N4O3/c1-22-17-8-5-15(13-18(17)23(2)20(22)26)21-19(25)14-3-6-16(7-4-14)24-9-11-27-12-10-24/h3-8,13H,9-12H2,1-2H3,(H,21,25). The van der Waals surface area contributed by atoms with Gasteiger partial charge in [-0.1, -0.05) is 0 Å². The van der Waals surface area contributed by atoms with Gasteiger partial charge in [0.1, 0.15) is 0 Å². The van der Waals surface area contributed by atoms with Gasteiger partial charge in [0, 0.05) is 44.1 Å². The first-order valence-corrected chi connectivity index (χ1v) is 8.94. The van der Waals surface area contributed by atoms with Gasteiger partial charge in [-0.25, -0.2) is 4.79 Å². The molecule has 1 aromatic heterocycles. The van der Waals surface area contributed by atoms with Crippen LogP contribution < -0.4 is 15.9 Å². The Bertz CT molecular complexity index is 1040. The van der Waals surface area contributed by atoms with E-state index < -0.39 is 0 Å². The molecule has 0 atom stereocenters. The van der Waals surface area contributed by atoms with E-state index in [1.165, 1.54) is 0 Å². The van der Waals surface area contributed by atoms with E-state index in [-0.39, 0.29) is 11.6 Å². The third-order valence-electron chi connectivity index (χ3n) is 5.04. The van der Waals surface area contributed by atoms with Crippen molar-refractivity contribution in [3.8, 4) is 0 Å². The lowest BCUT2D eigenvalue weighted by molar-refractivity contribution is 0.102. The van der Waals surface area contributed by atoms with Crippen molar-refractivity contribution in [2.24, 2.45) is 14.1 Å². The number of morpholine rings is 1. The predicted octanol–water partition coefficient (Wildman–Crippen LogP) is 1.97. The molecule has 0 saturated carbocycles. The summed E-state index contributed by atoms with van der Waals surface area (Å²) in [4.78, 5) is 26.9. The van der Waals surface area contributed by atoms with Crippen molar-refractivity contribution in [1.82, 2.24) is 9.13 Å². The van der Waals surface area contributed by atoms with Crippen molar-refractivity contribution in [2.45, 2.75) is 0 Å². The molecule has 140 valence electrons. The summed E-state index contributed by atoms with van der Waals surface area (Å²) >= 11 is 0. The number of aryl methyl sites for hydroxylation is 2. The van der Waals surface area contributed by atoms with Crippen LogP contribution >= 0.6 is 0 Å². The molecule has 2 aromatic carbocycles. The summed E-state index contributed by atoms with van der Waals surface area (Å²) in [7, 11) is 3.46. The molecule has 27 heavy (non-hydrogen) atoms. The van der Waals surface area contributed by atoms with Gasteiger partial charge in [-0.3, -0.25) is 13.9 Å². The fourth-order valence-electron chi connectivity index (χ4n) is 3.43. The summed E-state index contributed by atoms with van der Waals surface area (Å²) in [6.45, 7) is 3.18. The van der Waals surface area contributed by atoms with Crippen molar-refractivity contribution >= 4 is 28.3 Å². The fourth-order valence-corrected chi connectivity index (χ4v) is 3.43. The molecule has 0 bridgehead atoms. The predicted molar refractivity (Wildman–Crippen MR) is 106 cm³/mol. The maximum Gasteiger partial charge on any atom is 0.328 e. The number of imidazole rings is 1. The molecule has 2 heterocycles. The number of amides is 1. The SMILES string of the molecule is Cn1c(=O)n(C)c2cc(NC(=O)c3ccc(N4CCOCC4)cc3)ccc21. The van der Waals surface area contributed by atoms with Gasteiger partial charge in [-0.05, 0) is 42.5 Å². The van der Waals surface area contributed by atoms with Gasteiger partial charge >= 0.3 is 5.69 Å². The summed E-state index contributed by atoms with van der Waals surface area (Å²) in [6.07, 6.45) is 0. The number of rotatable bonds is 3. The first-order chi connectivity index (χ1) is 13.0. The number of hydrogen-bond acceptors (Lipinski definition) is 4. The molecule has 0 spiro atoms. The number of fused-ring (bicyclic) bond motifs is 1. The molecule has 7 nitrogen and oxygen atoms in total. The highest BCUT2D eigenvalue weighted by Gasteiger charge is 2.13. The third kappa shape index (κ3) is 3.21. The van der Waals surface area contributed by atoms with E-state index in [0.29, 0.717) is 11.3 Å². The molecule has 3 aromatic rings. The molecule has 0 aliphatic carbocycles. The Hall–Kier alpha value is -3.06. The first-order valence-electron chi connectivity index (χ1n) is 8.94. The number of carbonyl (C=O) groups excluding carboxylic acids is 1. The van der Waals surface area contributed by atoms with Crippen molar-refractivity contribution in [1.29, 1.82) is 0 Å². The van der Waals surface area contributed by atoms with Crippen molar-refractivity contribution in [3.05, 3.63) is 58.5 Å². The molecule has 1 N–H and O–H groups in total. The maximum atomic E-state index is 12.6. The van der Waals surface area contributed by atoms with E-state index >= 15 is 0 Å². The van der Waals surface area contributed by atoms with Crippen LogP contribution in [0.2, 0.25) is 0 Å². The maximum absolute atomic E-state index is 12.6. The van der Waals surface area contributed by atoms with Crippen LogP contribution in [-0.4, -0.2) is 41.3 Å². The Morgan fingerprint density at radius 1 is 0.963 bits per heavy atom. The molecule has 1 aliphatic heterocycles. The van der Waals surface area contributed by atoms with Gasteiger partial charge in [0.15, 0.2) is 0 Å². The van der Waals surface area contributed by atoms with E-state index in [4.69, 9.17) is 4.74 Å². The van der Waals surface area contributed by atoms with Crippen molar-refractivity contribution in [3.63, 3.8) is 0 Å². The number of nitrogens with one attached hydrogen (secondary N) is 1. The minimum atomic E-state index is -0.177. The van der Waals surface area contributed by atoms with Crippen LogP contribution in [0.1, 0.15) is 10.4 Å². The number of benzene rings is 2. The molecule has 0 unspecified atom stereocenters. The topological polar surface area (TPSA) is 68.5 Å². The van der Waals surface area contributed by atoms with Gasteiger partial charge in [0.25, 0.3) is 5.91 Å². The fraction of sp³-hybridized carbons (Fsp3) is 0.300. The first kappa shape index (κ1) is 17.4. The summed E-state index contributed by atoms with van der Waals surface area (Å²) in [5.74, 6) is -0.177. The zero-order chi connectivity index (χ0) is 19.0. The minimum Gasteiger partial charge on any atom is -0.378 e. The average Bonchev–Trinajstić information content (AvgIpc) is 2.92. The molecular weight excluding hydrogens is 344 g/mol. The Balaban J connectivity index is 1.52. The largest absolute Gasteiger partial charge is 0.378 e. The van der Waals surface area contributed by atoms with Crippen molar-refractivity contribution < 1.29 is 9.53 Å². The number of carbonyl (C=O) groups is 1. The lowest BCUT2D eigenvalue weighted by Crippen LogP contribution is -2.36. The highest BCUT2D eigenvalue weighted by Crippen LogP contribution is 2.20. The second-order valence-corrected chi connectivity index (χ2v) is 6.70. The zero-order valence-corrected chi connectivity index (χ0v) is 15.4. The average molecular weight is 366 g/mol. The van der Waals surface area contributed by atoms with Crippen LogP contribution in [0.25, 0.3) is 11.0 Å². The Labute approximate surface area is 156 Å². The van der Waals surface area contributed by atoms with Crippen LogP contribution in [-0.2, 0) is 18.8 Å². The molecule has 1 fully saturated rings.